The number of amides is 1. The number of anilines is 1. The molecule has 0 aliphatic carbocycles. The van der Waals surface area contributed by atoms with Crippen molar-refractivity contribution >= 4 is 28.3 Å². The molecule has 1 N–H and O–H groups in total. The molecule has 3 rings (SSSR count). The summed E-state index contributed by atoms with van der Waals surface area (Å²) in [6.45, 7) is 0. The molecule has 6 nitrogen and oxygen atoms in total. The number of carbonyl (C=O) groups excluding carboxylic acids is 2. The van der Waals surface area contributed by atoms with Gasteiger partial charge in [0, 0.05) is 10.9 Å². The van der Waals surface area contributed by atoms with Crippen LogP contribution in [0.1, 0.15) is 20.7 Å². The van der Waals surface area contributed by atoms with E-state index < -0.39 is 11.9 Å². The highest BCUT2D eigenvalue weighted by atomic mass is 16.5. The first-order chi connectivity index (χ1) is 12.6. The molecule has 0 bridgehead atoms. The molecular weight excluding hydrogens is 334 g/mol. The second-order valence-electron chi connectivity index (χ2n) is 5.52. The van der Waals surface area contributed by atoms with Gasteiger partial charge < -0.3 is 9.47 Å². The number of nitrogens with zero attached hydrogens (tertiary/aromatic N) is 1. The first-order valence-corrected chi connectivity index (χ1v) is 7.84. The second kappa shape index (κ2) is 7.25. The predicted molar refractivity (Wildman–Crippen MR) is 96.9 cm³/mol. The van der Waals surface area contributed by atoms with E-state index in [4.69, 9.17) is 4.74 Å². The maximum absolute atomic E-state index is 12.6. The van der Waals surface area contributed by atoms with Crippen molar-refractivity contribution in [2.24, 2.45) is 0 Å². The summed E-state index contributed by atoms with van der Waals surface area (Å²) >= 11 is 0. The largest absolute Gasteiger partial charge is 0.494 e. The molecule has 0 radical (unpaired) electrons. The van der Waals surface area contributed by atoms with Crippen molar-refractivity contribution in [3.8, 4) is 5.75 Å². The smallest absolute Gasteiger partial charge is 0.337 e. The van der Waals surface area contributed by atoms with Gasteiger partial charge in [-0.05, 0) is 35.7 Å². The Bertz CT molecular complexity index is 966. The fourth-order valence-corrected chi connectivity index (χ4v) is 2.71. The van der Waals surface area contributed by atoms with E-state index in [1.54, 1.807) is 12.1 Å². The zero-order valence-electron chi connectivity index (χ0n) is 14.3. The molecule has 0 atom stereocenters. The minimum atomic E-state index is -0.644. The van der Waals surface area contributed by atoms with Crippen molar-refractivity contribution in [1.82, 2.24) is 0 Å². The highest BCUT2D eigenvalue weighted by Crippen LogP contribution is 2.36. The standard InChI is InChI=1S/C20H17NO5/c1-25-18-16-6-4-3-5-13(16)11-12-17(18)21(24)19(22)14-7-9-15(10-8-14)20(23)26-2/h3-12,24H,1-2H3. The van der Waals surface area contributed by atoms with Crippen LogP contribution in [0.15, 0.2) is 60.7 Å². The summed E-state index contributed by atoms with van der Waals surface area (Å²) in [4.78, 5) is 24.1. The predicted octanol–water partition coefficient (Wildman–Crippen LogP) is 3.67. The van der Waals surface area contributed by atoms with Crippen LogP contribution in [0.5, 0.6) is 5.75 Å². The second-order valence-corrected chi connectivity index (χ2v) is 5.52. The first-order valence-electron chi connectivity index (χ1n) is 7.84. The average Bonchev–Trinajstić information content (AvgIpc) is 2.71. The van der Waals surface area contributed by atoms with Crippen molar-refractivity contribution in [1.29, 1.82) is 0 Å². The van der Waals surface area contributed by atoms with E-state index in [9.17, 15) is 14.8 Å². The fourth-order valence-electron chi connectivity index (χ4n) is 2.71. The van der Waals surface area contributed by atoms with Gasteiger partial charge in [-0.2, -0.15) is 5.06 Å². The van der Waals surface area contributed by atoms with E-state index >= 15 is 0 Å². The molecule has 132 valence electrons. The summed E-state index contributed by atoms with van der Waals surface area (Å²) in [7, 11) is 2.76. The molecule has 0 aliphatic heterocycles. The number of esters is 1. The van der Waals surface area contributed by atoms with Gasteiger partial charge >= 0.3 is 5.97 Å². The third-order valence-electron chi connectivity index (χ3n) is 4.04. The normalized spacial score (nSPS) is 10.4. The number of hydrogen-bond donors (Lipinski definition) is 1. The van der Waals surface area contributed by atoms with Gasteiger partial charge in [-0.15, -0.1) is 0 Å². The summed E-state index contributed by atoms with van der Waals surface area (Å²) in [5.74, 6) is -0.749. The lowest BCUT2D eigenvalue weighted by Gasteiger charge is -2.19. The Labute approximate surface area is 150 Å². The van der Waals surface area contributed by atoms with Crippen LogP contribution in [0.2, 0.25) is 0 Å². The molecule has 0 spiro atoms. The lowest BCUT2D eigenvalue weighted by atomic mass is 10.1. The Balaban J connectivity index is 1.96. The average molecular weight is 351 g/mol. The Kier molecular flexibility index (Phi) is 4.86. The summed E-state index contributed by atoms with van der Waals surface area (Å²) in [5.41, 5.74) is 0.764. The Morgan fingerprint density at radius 1 is 0.885 bits per heavy atom. The molecule has 3 aromatic rings. The molecule has 0 aliphatic rings. The molecule has 0 unspecified atom stereocenters. The van der Waals surface area contributed by atoms with Crippen molar-refractivity contribution in [3.05, 3.63) is 71.8 Å². The van der Waals surface area contributed by atoms with Crippen molar-refractivity contribution in [3.63, 3.8) is 0 Å². The molecule has 1 amide bonds. The molecule has 6 heteroatoms. The van der Waals surface area contributed by atoms with Gasteiger partial charge in [-0.25, -0.2) is 4.79 Å². The highest BCUT2D eigenvalue weighted by molar-refractivity contribution is 6.07. The lowest BCUT2D eigenvalue weighted by molar-refractivity contribution is 0.0600. The maximum atomic E-state index is 12.6. The summed E-state index contributed by atoms with van der Waals surface area (Å²) in [6.07, 6.45) is 0. The van der Waals surface area contributed by atoms with Crippen LogP contribution in [-0.4, -0.2) is 31.3 Å². The van der Waals surface area contributed by atoms with Crippen LogP contribution in [0, 0.1) is 0 Å². The minimum Gasteiger partial charge on any atom is -0.494 e. The molecule has 0 saturated heterocycles. The van der Waals surface area contributed by atoms with E-state index in [2.05, 4.69) is 4.74 Å². The number of fused-ring (bicyclic) bond motifs is 1. The number of rotatable bonds is 4. The lowest BCUT2D eigenvalue weighted by Crippen LogP contribution is -2.27. The minimum absolute atomic E-state index is 0.218. The molecular formula is C20H17NO5. The van der Waals surface area contributed by atoms with E-state index in [0.29, 0.717) is 16.4 Å². The SMILES string of the molecule is COC(=O)c1ccc(C(=O)N(O)c2ccc3ccccc3c2OC)cc1. The third kappa shape index (κ3) is 3.10. The number of hydroxylamine groups is 1. The molecule has 26 heavy (non-hydrogen) atoms. The van der Waals surface area contributed by atoms with Crippen molar-refractivity contribution < 1.29 is 24.3 Å². The first kappa shape index (κ1) is 17.4. The number of hydrogen-bond acceptors (Lipinski definition) is 5. The van der Waals surface area contributed by atoms with Gasteiger partial charge in [0.15, 0.2) is 5.75 Å². The van der Waals surface area contributed by atoms with Crippen LogP contribution in [-0.2, 0) is 4.74 Å². The van der Waals surface area contributed by atoms with Crippen LogP contribution < -0.4 is 9.80 Å². The van der Waals surface area contributed by atoms with E-state index in [1.807, 2.05) is 24.3 Å². The highest BCUT2D eigenvalue weighted by Gasteiger charge is 2.21. The van der Waals surface area contributed by atoms with Crippen molar-refractivity contribution in [2.45, 2.75) is 0 Å². The Morgan fingerprint density at radius 3 is 2.19 bits per heavy atom. The molecule has 0 saturated carbocycles. The topological polar surface area (TPSA) is 76.1 Å². The Hall–Kier alpha value is -3.38. The summed E-state index contributed by atoms with van der Waals surface area (Å²) in [6, 6.07) is 16.7. The zero-order chi connectivity index (χ0) is 18.7. The van der Waals surface area contributed by atoms with Gasteiger partial charge in [0.05, 0.1) is 19.8 Å². The van der Waals surface area contributed by atoms with Crippen LogP contribution >= 0.6 is 0 Å². The van der Waals surface area contributed by atoms with E-state index in [-0.39, 0.29) is 11.3 Å². The van der Waals surface area contributed by atoms with Gasteiger partial charge in [-0.1, -0.05) is 30.3 Å². The number of ether oxygens (including phenoxy) is 2. The van der Waals surface area contributed by atoms with Crippen molar-refractivity contribution in [2.75, 3.05) is 19.3 Å². The third-order valence-corrected chi connectivity index (χ3v) is 4.04. The Morgan fingerprint density at radius 2 is 1.54 bits per heavy atom. The zero-order valence-corrected chi connectivity index (χ0v) is 14.3. The molecule has 3 aromatic carbocycles. The van der Waals surface area contributed by atoms with E-state index in [0.717, 1.165) is 10.8 Å². The van der Waals surface area contributed by atoms with Crippen LogP contribution in [0.4, 0.5) is 5.69 Å². The summed E-state index contributed by atoms with van der Waals surface area (Å²) < 4.78 is 10.0. The molecule has 0 aromatic heterocycles. The van der Waals surface area contributed by atoms with Crippen LogP contribution in [0.25, 0.3) is 10.8 Å². The van der Waals surface area contributed by atoms with Crippen LogP contribution in [0.3, 0.4) is 0 Å². The van der Waals surface area contributed by atoms with Gasteiger partial charge in [0.25, 0.3) is 5.91 Å². The molecule has 0 fully saturated rings. The van der Waals surface area contributed by atoms with Gasteiger partial charge in [0.1, 0.15) is 5.69 Å². The van der Waals surface area contributed by atoms with Gasteiger partial charge in [-0.3, -0.25) is 10.0 Å². The number of benzene rings is 3. The quantitative estimate of drug-likeness (QED) is 0.441. The fraction of sp³-hybridized carbons (Fsp3) is 0.100. The number of carbonyl (C=O) groups is 2. The van der Waals surface area contributed by atoms with Gasteiger partial charge in [0.2, 0.25) is 0 Å². The van der Waals surface area contributed by atoms with E-state index in [1.165, 1.54) is 38.5 Å². The molecule has 0 heterocycles. The summed E-state index contributed by atoms with van der Waals surface area (Å²) in [5, 5.41) is 12.7. The maximum Gasteiger partial charge on any atom is 0.337 e. The number of methoxy groups -OCH3 is 2. The monoisotopic (exact) mass is 351 g/mol.